The minimum Gasteiger partial charge on any atom is -0.296 e. The number of benzene rings is 2. The van der Waals surface area contributed by atoms with E-state index in [1.165, 1.54) is 22.1 Å². The third-order valence-corrected chi connectivity index (χ3v) is 5.21. The summed E-state index contributed by atoms with van der Waals surface area (Å²) in [5.41, 5.74) is 0.591. The van der Waals surface area contributed by atoms with Gasteiger partial charge in [0, 0.05) is 17.1 Å². The molecule has 1 N–H and O–H groups in total. The monoisotopic (exact) mass is 404 g/mol. The van der Waals surface area contributed by atoms with Crippen LogP contribution in [0, 0.1) is 0 Å². The zero-order valence-corrected chi connectivity index (χ0v) is 15.6. The maximum absolute atomic E-state index is 12.7. The predicted octanol–water partition coefficient (Wildman–Crippen LogP) is 4.10. The van der Waals surface area contributed by atoms with Gasteiger partial charge < -0.3 is 0 Å². The molecule has 0 aliphatic carbocycles. The Morgan fingerprint density at radius 3 is 2.69 bits per heavy atom. The highest BCUT2D eigenvalue weighted by Crippen LogP contribution is 2.28. The molecule has 4 aromatic rings. The first kappa shape index (κ1) is 17.0. The SMILES string of the molecule is Cn1nc(C(=O)Nc2nc3ccc(Cl)cc3s2)c(=O)c2cc(Cl)ccc21. The summed E-state index contributed by atoms with van der Waals surface area (Å²) >= 11 is 13.2. The van der Waals surface area contributed by atoms with Gasteiger partial charge in [0.1, 0.15) is 0 Å². The van der Waals surface area contributed by atoms with Crippen molar-refractivity contribution in [2.45, 2.75) is 0 Å². The molecule has 2 aromatic carbocycles. The van der Waals surface area contributed by atoms with Crippen molar-refractivity contribution >= 4 is 66.7 Å². The fourth-order valence-corrected chi connectivity index (χ4v) is 3.92. The van der Waals surface area contributed by atoms with Gasteiger partial charge in [-0.15, -0.1) is 0 Å². The maximum atomic E-state index is 12.7. The van der Waals surface area contributed by atoms with Crippen LogP contribution in [-0.4, -0.2) is 20.7 Å². The highest BCUT2D eigenvalue weighted by Gasteiger charge is 2.18. The second kappa shape index (κ2) is 6.35. The van der Waals surface area contributed by atoms with E-state index < -0.39 is 11.3 Å². The molecule has 0 fully saturated rings. The van der Waals surface area contributed by atoms with Gasteiger partial charge in [-0.25, -0.2) is 4.98 Å². The summed E-state index contributed by atoms with van der Waals surface area (Å²) in [5, 5.41) is 8.42. The Morgan fingerprint density at radius 2 is 1.88 bits per heavy atom. The largest absolute Gasteiger partial charge is 0.296 e. The van der Waals surface area contributed by atoms with Crippen LogP contribution in [0.4, 0.5) is 5.13 Å². The summed E-state index contributed by atoms with van der Waals surface area (Å²) in [6.45, 7) is 0. The molecule has 0 aliphatic heterocycles. The number of amides is 1. The molecule has 0 unspecified atom stereocenters. The molecular formula is C17H10Cl2N4O2S. The van der Waals surface area contributed by atoms with E-state index in [9.17, 15) is 9.59 Å². The van der Waals surface area contributed by atoms with E-state index in [0.717, 1.165) is 4.70 Å². The Bertz CT molecular complexity index is 1250. The number of carbonyl (C=O) groups excluding carboxylic acids is 1. The number of carbonyl (C=O) groups is 1. The lowest BCUT2D eigenvalue weighted by molar-refractivity contribution is 0.101. The molecule has 9 heteroatoms. The summed E-state index contributed by atoms with van der Waals surface area (Å²) in [5.74, 6) is -0.627. The van der Waals surface area contributed by atoms with E-state index in [1.54, 1.807) is 37.4 Å². The third kappa shape index (κ3) is 2.94. The van der Waals surface area contributed by atoms with Gasteiger partial charge in [0.25, 0.3) is 5.91 Å². The van der Waals surface area contributed by atoms with Crippen LogP contribution in [0.25, 0.3) is 21.1 Å². The molecule has 2 aromatic heterocycles. The lowest BCUT2D eigenvalue weighted by atomic mass is 10.2. The fraction of sp³-hybridized carbons (Fsp3) is 0.0588. The zero-order valence-electron chi connectivity index (χ0n) is 13.3. The van der Waals surface area contributed by atoms with E-state index in [1.807, 2.05) is 0 Å². The Labute approximate surface area is 161 Å². The molecule has 2 heterocycles. The second-order valence-electron chi connectivity index (χ2n) is 5.55. The molecule has 0 radical (unpaired) electrons. The first-order chi connectivity index (χ1) is 12.4. The van der Waals surface area contributed by atoms with E-state index in [-0.39, 0.29) is 5.69 Å². The van der Waals surface area contributed by atoms with Crippen LogP contribution in [0.1, 0.15) is 10.5 Å². The molecular weight excluding hydrogens is 395 g/mol. The smallest absolute Gasteiger partial charge is 0.281 e. The number of nitrogens with one attached hydrogen (secondary N) is 1. The van der Waals surface area contributed by atoms with Gasteiger partial charge in [0.15, 0.2) is 10.8 Å². The van der Waals surface area contributed by atoms with Gasteiger partial charge in [-0.2, -0.15) is 5.10 Å². The van der Waals surface area contributed by atoms with Crippen molar-refractivity contribution in [3.63, 3.8) is 0 Å². The minimum absolute atomic E-state index is 0.223. The van der Waals surface area contributed by atoms with Gasteiger partial charge in [-0.3, -0.25) is 19.6 Å². The normalized spacial score (nSPS) is 11.2. The van der Waals surface area contributed by atoms with Crippen molar-refractivity contribution in [1.82, 2.24) is 14.8 Å². The van der Waals surface area contributed by atoms with E-state index >= 15 is 0 Å². The Hall–Kier alpha value is -2.48. The summed E-state index contributed by atoms with van der Waals surface area (Å²) in [4.78, 5) is 29.5. The number of anilines is 1. The number of aryl methyl sites for hydroxylation is 1. The molecule has 0 bridgehead atoms. The van der Waals surface area contributed by atoms with Crippen LogP contribution in [0.5, 0.6) is 0 Å². The number of nitrogens with zero attached hydrogens (tertiary/aromatic N) is 3. The van der Waals surface area contributed by atoms with E-state index in [0.29, 0.717) is 31.6 Å². The quantitative estimate of drug-likeness (QED) is 0.545. The van der Waals surface area contributed by atoms with Crippen molar-refractivity contribution in [2.75, 3.05) is 5.32 Å². The predicted molar refractivity (Wildman–Crippen MR) is 105 cm³/mol. The fourth-order valence-electron chi connectivity index (χ4n) is 2.61. The van der Waals surface area contributed by atoms with Crippen LogP contribution in [0.15, 0.2) is 41.2 Å². The van der Waals surface area contributed by atoms with Crippen LogP contribution in [0.3, 0.4) is 0 Å². The zero-order chi connectivity index (χ0) is 18.4. The number of hydrogen-bond donors (Lipinski definition) is 1. The van der Waals surface area contributed by atoms with E-state index in [4.69, 9.17) is 23.2 Å². The van der Waals surface area contributed by atoms with Gasteiger partial charge in [0.05, 0.1) is 21.1 Å². The molecule has 26 heavy (non-hydrogen) atoms. The highest BCUT2D eigenvalue weighted by atomic mass is 35.5. The average molecular weight is 405 g/mol. The van der Waals surface area contributed by atoms with Gasteiger partial charge in [-0.05, 0) is 36.4 Å². The Balaban J connectivity index is 1.75. The van der Waals surface area contributed by atoms with Crippen LogP contribution < -0.4 is 10.7 Å². The second-order valence-corrected chi connectivity index (χ2v) is 7.45. The summed E-state index contributed by atoms with van der Waals surface area (Å²) in [6, 6.07) is 10.1. The van der Waals surface area contributed by atoms with Crippen molar-refractivity contribution in [1.29, 1.82) is 0 Å². The molecule has 0 spiro atoms. The van der Waals surface area contributed by atoms with Gasteiger partial charge in [0.2, 0.25) is 5.43 Å². The minimum atomic E-state index is -0.627. The molecule has 4 rings (SSSR count). The standard InChI is InChI=1S/C17H10Cl2N4O2S/c1-23-12-5-3-8(18)6-10(12)15(24)14(22-23)16(25)21-17-20-11-4-2-9(19)7-13(11)26-17/h2-7H,1H3,(H,20,21,25). The molecule has 130 valence electrons. The van der Waals surface area contributed by atoms with Crippen molar-refractivity contribution < 1.29 is 4.79 Å². The third-order valence-electron chi connectivity index (χ3n) is 3.80. The lowest BCUT2D eigenvalue weighted by Crippen LogP contribution is -2.26. The van der Waals surface area contributed by atoms with Crippen LogP contribution >= 0.6 is 34.5 Å². The highest BCUT2D eigenvalue weighted by molar-refractivity contribution is 7.22. The molecule has 0 atom stereocenters. The van der Waals surface area contributed by atoms with E-state index in [2.05, 4.69) is 15.4 Å². The number of halogens is 2. The number of aromatic nitrogens is 3. The number of rotatable bonds is 2. The van der Waals surface area contributed by atoms with Gasteiger partial charge in [-0.1, -0.05) is 34.5 Å². The van der Waals surface area contributed by atoms with Crippen molar-refractivity contribution in [2.24, 2.45) is 7.05 Å². The summed E-state index contributed by atoms with van der Waals surface area (Å²) < 4.78 is 2.30. The first-order valence-electron chi connectivity index (χ1n) is 7.46. The first-order valence-corrected chi connectivity index (χ1v) is 9.03. The maximum Gasteiger partial charge on any atom is 0.281 e. The number of thiazole rings is 1. The number of fused-ring (bicyclic) bond motifs is 2. The van der Waals surface area contributed by atoms with Crippen molar-refractivity contribution in [3.05, 3.63) is 62.4 Å². The van der Waals surface area contributed by atoms with Crippen LogP contribution in [-0.2, 0) is 7.05 Å². The molecule has 6 nitrogen and oxygen atoms in total. The molecule has 1 amide bonds. The average Bonchev–Trinajstić information content (AvgIpc) is 2.99. The Morgan fingerprint density at radius 1 is 1.15 bits per heavy atom. The summed E-state index contributed by atoms with van der Waals surface area (Å²) in [7, 11) is 1.66. The Kier molecular flexibility index (Phi) is 4.14. The summed E-state index contributed by atoms with van der Waals surface area (Å²) in [6.07, 6.45) is 0. The molecule has 0 saturated heterocycles. The topological polar surface area (TPSA) is 76.9 Å². The molecule has 0 saturated carbocycles. The van der Waals surface area contributed by atoms with Gasteiger partial charge >= 0.3 is 0 Å². The van der Waals surface area contributed by atoms with Crippen molar-refractivity contribution in [3.8, 4) is 0 Å². The molecule has 0 aliphatic rings. The number of hydrogen-bond acceptors (Lipinski definition) is 5. The van der Waals surface area contributed by atoms with Crippen LogP contribution in [0.2, 0.25) is 10.0 Å². The lowest BCUT2D eigenvalue weighted by Gasteiger charge is -2.07.